The second-order valence-corrected chi connectivity index (χ2v) is 5.16. The van der Waals surface area contributed by atoms with E-state index in [1.807, 2.05) is 12.1 Å². The number of aliphatic hydroxyl groups is 1. The Kier molecular flexibility index (Phi) is 2.77. The van der Waals surface area contributed by atoms with Crippen molar-refractivity contribution >= 4 is 0 Å². The molecule has 1 fully saturated rings. The zero-order valence-electron chi connectivity index (χ0n) is 10.0. The maximum atomic E-state index is 10.7. The molecule has 1 N–H and O–H groups in total. The molecule has 2 bridgehead atoms. The first-order valence-corrected chi connectivity index (χ1v) is 6.50. The van der Waals surface area contributed by atoms with Crippen molar-refractivity contribution in [1.82, 2.24) is 4.90 Å². The van der Waals surface area contributed by atoms with E-state index in [4.69, 9.17) is 0 Å². The number of benzene rings is 1. The van der Waals surface area contributed by atoms with Crippen LogP contribution in [0, 0.1) is 0 Å². The fourth-order valence-electron chi connectivity index (χ4n) is 3.00. The molecule has 0 unspecified atom stereocenters. The fourth-order valence-corrected chi connectivity index (χ4v) is 3.00. The number of fused-ring (bicyclic) bond motifs is 2. The second-order valence-electron chi connectivity index (χ2n) is 5.16. The molecule has 2 atom stereocenters. The van der Waals surface area contributed by atoms with Crippen LogP contribution in [-0.4, -0.2) is 21.8 Å². The summed E-state index contributed by atoms with van der Waals surface area (Å²) >= 11 is 0. The van der Waals surface area contributed by atoms with Gasteiger partial charge in [0.25, 0.3) is 0 Å². The number of hydrogen-bond donors (Lipinski definition) is 1. The van der Waals surface area contributed by atoms with Crippen molar-refractivity contribution in [1.29, 1.82) is 0 Å². The van der Waals surface area contributed by atoms with Crippen LogP contribution in [0.2, 0.25) is 0 Å². The standard InChI is InChI=1S/C15H19NO/c17-15-10-5-4-8-14(9-11-15)16(15)12-13-6-2-1-3-7-13/h1-3,6-7,9,11,14,17H,4-5,8,10,12H2/t14-,15-/m1/s1. The predicted molar refractivity (Wildman–Crippen MR) is 68.3 cm³/mol. The van der Waals surface area contributed by atoms with Crippen LogP contribution in [0.3, 0.4) is 0 Å². The van der Waals surface area contributed by atoms with Gasteiger partial charge in [-0.15, -0.1) is 0 Å². The lowest BCUT2D eigenvalue weighted by atomic mass is 10.0. The van der Waals surface area contributed by atoms with Gasteiger partial charge in [-0.1, -0.05) is 42.8 Å². The molecule has 2 heteroatoms. The van der Waals surface area contributed by atoms with Crippen molar-refractivity contribution in [3.05, 3.63) is 48.0 Å². The molecule has 3 rings (SSSR count). The van der Waals surface area contributed by atoms with Gasteiger partial charge in [0.05, 0.1) is 0 Å². The number of rotatable bonds is 2. The van der Waals surface area contributed by atoms with Crippen molar-refractivity contribution in [2.24, 2.45) is 0 Å². The molecule has 0 radical (unpaired) electrons. The Hall–Kier alpha value is -1.12. The molecule has 17 heavy (non-hydrogen) atoms. The molecule has 1 aromatic rings. The first kappa shape index (κ1) is 11.0. The molecule has 2 nitrogen and oxygen atoms in total. The third kappa shape index (κ3) is 2.03. The summed E-state index contributed by atoms with van der Waals surface area (Å²) in [6.07, 6.45) is 8.57. The summed E-state index contributed by atoms with van der Waals surface area (Å²) in [5, 5.41) is 10.7. The molecule has 0 aromatic heterocycles. The first-order chi connectivity index (χ1) is 8.28. The van der Waals surface area contributed by atoms with E-state index in [0.717, 1.165) is 19.4 Å². The summed E-state index contributed by atoms with van der Waals surface area (Å²) in [7, 11) is 0. The highest BCUT2D eigenvalue weighted by molar-refractivity contribution is 5.20. The minimum absolute atomic E-state index is 0.419. The van der Waals surface area contributed by atoms with Gasteiger partial charge in [-0.3, -0.25) is 4.90 Å². The highest BCUT2D eigenvalue weighted by Crippen LogP contribution is 2.36. The van der Waals surface area contributed by atoms with Gasteiger partial charge in [-0.2, -0.15) is 0 Å². The average Bonchev–Trinajstić information content (AvgIpc) is 2.54. The lowest BCUT2D eigenvalue weighted by molar-refractivity contribution is -0.0744. The van der Waals surface area contributed by atoms with E-state index in [1.165, 1.54) is 18.4 Å². The molecule has 2 aliphatic rings. The molecule has 1 aromatic carbocycles. The fraction of sp³-hybridized carbons (Fsp3) is 0.467. The van der Waals surface area contributed by atoms with Crippen molar-refractivity contribution in [3.63, 3.8) is 0 Å². The number of nitrogens with zero attached hydrogens (tertiary/aromatic N) is 1. The highest BCUT2D eigenvalue weighted by Gasteiger charge is 2.41. The van der Waals surface area contributed by atoms with E-state index in [2.05, 4.69) is 35.2 Å². The molecule has 0 aliphatic carbocycles. The summed E-state index contributed by atoms with van der Waals surface area (Å²) in [4.78, 5) is 2.25. The largest absolute Gasteiger partial charge is 0.372 e. The molecular formula is C15H19NO. The third-order valence-electron chi connectivity index (χ3n) is 3.97. The van der Waals surface area contributed by atoms with Gasteiger partial charge < -0.3 is 5.11 Å². The second kappa shape index (κ2) is 4.28. The van der Waals surface area contributed by atoms with Crippen LogP contribution in [-0.2, 0) is 6.54 Å². The van der Waals surface area contributed by atoms with Crippen molar-refractivity contribution in [2.75, 3.05) is 0 Å². The topological polar surface area (TPSA) is 23.5 Å². The van der Waals surface area contributed by atoms with Gasteiger partial charge in [0, 0.05) is 12.6 Å². The van der Waals surface area contributed by atoms with Crippen molar-refractivity contribution in [3.8, 4) is 0 Å². The van der Waals surface area contributed by atoms with Gasteiger partial charge in [0.2, 0.25) is 0 Å². The molecule has 90 valence electrons. The van der Waals surface area contributed by atoms with Crippen LogP contribution in [0.15, 0.2) is 42.5 Å². The minimum atomic E-state index is -0.697. The van der Waals surface area contributed by atoms with Crippen LogP contribution in [0.4, 0.5) is 0 Å². The van der Waals surface area contributed by atoms with E-state index in [-0.39, 0.29) is 0 Å². The quantitative estimate of drug-likeness (QED) is 0.788. The van der Waals surface area contributed by atoms with Crippen LogP contribution in [0.5, 0.6) is 0 Å². The highest BCUT2D eigenvalue weighted by atomic mass is 16.3. The zero-order valence-corrected chi connectivity index (χ0v) is 10.0. The molecule has 0 spiro atoms. The van der Waals surface area contributed by atoms with E-state index in [0.29, 0.717) is 6.04 Å². The minimum Gasteiger partial charge on any atom is -0.372 e. The van der Waals surface area contributed by atoms with Crippen molar-refractivity contribution < 1.29 is 5.11 Å². The van der Waals surface area contributed by atoms with E-state index in [1.54, 1.807) is 0 Å². The predicted octanol–water partition coefficient (Wildman–Crippen LogP) is 2.69. The van der Waals surface area contributed by atoms with Crippen LogP contribution >= 0.6 is 0 Å². The SMILES string of the molecule is O[C@@]12C=C[C@@H](CCCC1)N2Cc1ccccc1. The summed E-state index contributed by atoms with van der Waals surface area (Å²) in [6, 6.07) is 10.8. The zero-order chi connectivity index (χ0) is 11.7. The van der Waals surface area contributed by atoms with E-state index >= 15 is 0 Å². The Morgan fingerprint density at radius 2 is 2.06 bits per heavy atom. The lowest BCUT2D eigenvalue weighted by Gasteiger charge is -2.35. The maximum absolute atomic E-state index is 10.7. The van der Waals surface area contributed by atoms with Crippen molar-refractivity contribution in [2.45, 2.75) is 44.0 Å². The summed E-state index contributed by atoms with van der Waals surface area (Å²) in [6.45, 7) is 0.842. The van der Waals surface area contributed by atoms with Gasteiger partial charge >= 0.3 is 0 Å². The summed E-state index contributed by atoms with van der Waals surface area (Å²) in [5.74, 6) is 0. The molecule has 1 saturated heterocycles. The Morgan fingerprint density at radius 3 is 2.88 bits per heavy atom. The molecule has 2 aliphatic heterocycles. The van der Waals surface area contributed by atoms with E-state index in [9.17, 15) is 5.11 Å². The first-order valence-electron chi connectivity index (χ1n) is 6.50. The van der Waals surface area contributed by atoms with Crippen LogP contribution < -0.4 is 0 Å². The van der Waals surface area contributed by atoms with Crippen LogP contribution in [0.25, 0.3) is 0 Å². The Labute approximate surface area is 103 Å². The Morgan fingerprint density at radius 1 is 1.24 bits per heavy atom. The van der Waals surface area contributed by atoms with E-state index < -0.39 is 5.72 Å². The Balaban J connectivity index is 1.83. The van der Waals surface area contributed by atoms with Gasteiger partial charge in [-0.25, -0.2) is 0 Å². The normalized spacial score (nSPS) is 32.6. The molecule has 2 heterocycles. The van der Waals surface area contributed by atoms with Gasteiger partial charge in [0.15, 0.2) is 0 Å². The maximum Gasteiger partial charge on any atom is 0.138 e. The number of hydrogen-bond acceptors (Lipinski definition) is 2. The summed E-state index contributed by atoms with van der Waals surface area (Å²) < 4.78 is 0. The summed E-state index contributed by atoms with van der Waals surface area (Å²) in [5.41, 5.74) is 0.582. The van der Waals surface area contributed by atoms with Gasteiger partial charge in [0.1, 0.15) is 5.72 Å². The monoisotopic (exact) mass is 229 g/mol. The molecule has 0 amide bonds. The lowest BCUT2D eigenvalue weighted by Crippen LogP contribution is -2.46. The smallest absolute Gasteiger partial charge is 0.138 e. The Bertz CT molecular complexity index is 414. The van der Waals surface area contributed by atoms with Gasteiger partial charge in [-0.05, 0) is 30.9 Å². The van der Waals surface area contributed by atoms with Crippen LogP contribution in [0.1, 0.15) is 31.2 Å². The average molecular weight is 229 g/mol. The molecule has 0 saturated carbocycles. The molecular weight excluding hydrogens is 210 g/mol. The third-order valence-corrected chi connectivity index (χ3v) is 3.97.